The zero-order chi connectivity index (χ0) is 72.9. The highest BCUT2D eigenvalue weighted by atomic mass is 14.8. The van der Waals surface area contributed by atoms with Crippen LogP contribution in [-0.2, 0) is 0 Å². The van der Waals surface area contributed by atoms with Gasteiger partial charge >= 0.3 is 0 Å². The quantitative estimate of drug-likeness (QED) is 0.118. The van der Waals surface area contributed by atoms with E-state index in [2.05, 4.69) is 368 Å². The van der Waals surface area contributed by atoms with Crippen LogP contribution in [0.2, 0.25) is 0 Å². The number of aromatic nitrogens is 8. The monoisotopic (exact) mass is 1400 g/mol. The molecule has 8 heteroatoms. The summed E-state index contributed by atoms with van der Waals surface area (Å²) in [6, 6.07) is 132. The molecule has 0 amide bonds. The number of fused-ring (bicyclic) bond motifs is 10. The Morgan fingerprint density at radius 1 is 0.127 bits per heavy atom. The van der Waals surface area contributed by atoms with Crippen molar-refractivity contribution >= 4 is 87.2 Å². The zero-order valence-corrected chi connectivity index (χ0v) is 59.5. The van der Waals surface area contributed by atoms with Gasteiger partial charge in [0.1, 0.15) is 0 Å². The average molecular weight is 1400 g/mol. The fourth-order valence-electron chi connectivity index (χ4n) is 15.1. The summed E-state index contributed by atoms with van der Waals surface area (Å²) in [7, 11) is 0. The first-order valence-electron chi connectivity index (χ1n) is 37.0. The zero-order valence-electron chi connectivity index (χ0n) is 59.5. The SMILES string of the molecule is c1ccc(-c2cc(-c3ccccc3)cc(-c3ccc4cc(-c5ccc6nc(-c7ccc(-c8ccc9ccc%10cccnc%10c9n8)cc7)ccc6c5)ccc4n3)c2)cc1.c1ccc(-c2ccc(-c3ccc4cc(-c5ccc6nc(-c7ccc(-c8ccc9ccc%10cccnc%10c9n8)cc7)ccc6c5)ccc4n3)cc2)cc1. The topological polar surface area (TPSA) is 103 Å². The van der Waals surface area contributed by atoms with Gasteiger partial charge < -0.3 is 0 Å². The van der Waals surface area contributed by atoms with E-state index in [4.69, 9.17) is 29.9 Å². The molecule has 0 unspecified atom stereocenters. The number of pyridine rings is 8. The Hall–Kier alpha value is -14.9. The molecule has 0 N–H and O–H groups in total. The largest absolute Gasteiger partial charge is 0.254 e. The Kier molecular flexibility index (Phi) is 16.4. The first-order valence-corrected chi connectivity index (χ1v) is 37.0. The van der Waals surface area contributed by atoms with Gasteiger partial charge in [0.25, 0.3) is 0 Å². The van der Waals surface area contributed by atoms with E-state index in [-0.39, 0.29) is 0 Å². The van der Waals surface area contributed by atoms with Gasteiger partial charge in [-0.1, -0.05) is 261 Å². The van der Waals surface area contributed by atoms with Crippen LogP contribution in [0.25, 0.3) is 210 Å². The van der Waals surface area contributed by atoms with E-state index in [0.29, 0.717) is 0 Å². The lowest BCUT2D eigenvalue weighted by Gasteiger charge is -2.12. The number of rotatable bonds is 11. The highest BCUT2D eigenvalue weighted by molar-refractivity contribution is 6.05. The van der Waals surface area contributed by atoms with Crippen molar-refractivity contribution in [2.75, 3.05) is 0 Å². The summed E-state index contributed by atoms with van der Waals surface area (Å²) < 4.78 is 0. The number of hydrogen-bond donors (Lipinski definition) is 0. The molecule has 110 heavy (non-hydrogen) atoms. The van der Waals surface area contributed by atoms with Crippen molar-refractivity contribution in [2.24, 2.45) is 0 Å². The molecule has 13 aromatic carbocycles. The Morgan fingerprint density at radius 3 is 0.691 bits per heavy atom. The summed E-state index contributed by atoms with van der Waals surface area (Å²) in [6.07, 6.45) is 3.65. The molecule has 0 saturated heterocycles. The molecule has 8 heterocycles. The molecule has 21 rings (SSSR count). The van der Waals surface area contributed by atoms with Gasteiger partial charge in [-0.05, 0) is 171 Å². The van der Waals surface area contributed by atoms with Crippen molar-refractivity contribution in [3.63, 3.8) is 0 Å². The molecule has 8 aromatic heterocycles. The normalized spacial score (nSPS) is 11.5. The van der Waals surface area contributed by atoms with Gasteiger partial charge in [0.15, 0.2) is 0 Å². The van der Waals surface area contributed by atoms with Crippen molar-refractivity contribution in [1.82, 2.24) is 39.9 Å². The van der Waals surface area contributed by atoms with Crippen LogP contribution in [0, 0.1) is 0 Å². The number of nitrogens with zero attached hydrogens (tertiary/aromatic N) is 8. The Labute approximate surface area is 634 Å². The predicted molar refractivity (Wildman–Crippen MR) is 455 cm³/mol. The van der Waals surface area contributed by atoms with E-state index in [0.717, 1.165) is 177 Å². The van der Waals surface area contributed by atoms with Crippen molar-refractivity contribution < 1.29 is 0 Å². The Balaban J connectivity index is 0.000000145. The fraction of sp³-hybridized carbons (Fsp3) is 0. The maximum absolute atomic E-state index is 5.17. The average Bonchev–Trinajstić information content (AvgIpc) is 0.801. The standard InChI is InChI=1S/C54H34N4.C48H30N4/c1-3-8-35(9-4-1)45-32-46(36-10-5-2-6-11-36)34-47(33-45)52-28-23-44-31-42(21-26-51(44)57-52)41-20-25-50-43(30-41)22-27-48(56-50)37-13-15-38(16-14-37)49-24-19-40-18-17-39-12-7-29-55-53(39)54(40)58-49;1-2-5-31(6-3-1)32-8-10-33(11-9-32)42-26-21-40-29-38(19-24-45(40)50-42)39-20-25-46-41(30-39)22-27-43(51-46)34-12-14-35(15-13-34)44-23-18-37-17-16-36-7-4-28-49-47(36)48(37)52-44/h1-34H;1-30H. The van der Waals surface area contributed by atoms with Gasteiger partial charge in [-0.25, -0.2) is 29.9 Å². The van der Waals surface area contributed by atoms with Crippen LogP contribution >= 0.6 is 0 Å². The highest BCUT2D eigenvalue weighted by Crippen LogP contribution is 2.38. The second-order valence-electron chi connectivity index (χ2n) is 27.9. The molecule has 0 radical (unpaired) electrons. The third kappa shape index (κ3) is 12.7. The Morgan fingerprint density at radius 2 is 0.364 bits per heavy atom. The van der Waals surface area contributed by atoms with Crippen molar-refractivity contribution in [3.05, 3.63) is 389 Å². The minimum absolute atomic E-state index is 0.920. The molecule has 21 aromatic rings. The van der Waals surface area contributed by atoms with E-state index in [1.54, 1.807) is 0 Å². The molecule has 0 aliphatic rings. The van der Waals surface area contributed by atoms with Gasteiger partial charge in [0.2, 0.25) is 0 Å². The summed E-state index contributed by atoms with van der Waals surface area (Å²) >= 11 is 0. The first-order chi connectivity index (χ1) is 54.4. The molecular formula is C102H64N8. The van der Waals surface area contributed by atoms with Crippen LogP contribution in [0.3, 0.4) is 0 Å². The van der Waals surface area contributed by atoms with E-state index in [1.807, 2.05) is 30.6 Å². The first kappa shape index (κ1) is 64.7. The Bertz CT molecular complexity index is 7060. The van der Waals surface area contributed by atoms with Crippen LogP contribution in [0.1, 0.15) is 0 Å². The lowest BCUT2D eigenvalue weighted by atomic mass is 9.94. The maximum Gasteiger partial charge on any atom is 0.0972 e. The summed E-state index contributed by atoms with van der Waals surface area (Å²) in [6.45, 7) is 0. The van der Waals surface area contributed by atoms with Gasteiger partial charge in [-0.15, -0.1) is 0 Å². The molecule has 0 saturated carbocycles. The minimum atomic E-state index is 0.920. The van der Waals surface area contributed by atoms with Crippen molar-refractivity contribution in [1.29, 1.82) is 0 Å². The number of hydrogen-bond acceptors (Lipinski definition) is 8. The van der Waals surface area contributed by atoms with Crippen LogP contribution < -0.4 is 0 Å². The molecule has 8 nitrogen and oxygen atoms in total. The van der Waals surface area contributed by atoms with Crippen LogP contribution in [0.4, 0.5) is 0 Å². The molecule has 0 aliphatic heterocycles. The maximum atomic E-state index is 5.17. The second kappa shape index (κ2) is 27.9. The van der Waals surface area contributed by atoms with E-state index in [1.165, 1.54) is 33.4 Å². The summed E-state index contributed by atoms with van der Waals surface area (Å²) in [5.41, 5.74) is 31.4. The molecule has 0 aliphatic carbocycles. The van der Waals surface area contributed by atoms with Gasteiger partial charge in [0, 0.05) is 88.9 Å². The second-order valence-corrected chi connectivity index (χ2v) is 27.9. The highest BCUT2D eigenvalue weighted by Gasteiger charge is 2.16. The van der Waals surface area contributed by atoms with Crippen molar-refractivity contribution in [3.8, 4) is 123 Å². The summed E-state index contributed by atoms with van der Waals surface area (Å²) in [4.78, 5) is 39.5. The smallest absolute Gasteiger partial charge is 0.0972 e. The predicted octanol–water partition coefficient (Wildman–Crippen LogP) is 26.1. The molecular weight excluding hydrogens is 1340 g/mol. The van der Waals surface area contributed by atoms with E-state index in [9.17, 15) is 0 Å². The molecule has 0 atom stereocenters. The summed E-state index contributed by atoms with van der Waals surface area (Å²) in [5.74, 6) is 0. The van der Waals surface area contributed by atoms with Crippen molar-refractivity contribution in [2.45, 2.75) is 0 Å². The fourth-order valence-corrected chi connectivity index (χ4v) is 15.1. The van der Waals surface area contributed by atoms with Crippen LogP contribution in [0.5, 0.6) is 0 Å². The third-order valence-electron chi connectivity index (χ3n) is 21.0. The van der Waals surface area contributed by atoms with Gasteiger partial charge in [-0.3, -0.25) is 9.97 Å². The third-order valence-corrected chi connectivity index (χ3v) is 21.0. The van der Waals surface area contributed by atoms with E-state index >= 15 is 0 Å². The molecule has 0 fully saturated rings. The molecule has 0 spiro atoms. The molecule has 0 bridgehead atoms. The van der Waals surface area contributed by atoms with Gasteiger partial charge in [-0.2, -0.15) is 0 Å². The van der Waals surface area contributed by atoms with Crippen LogP contribution in [-0.4, -0.2) is 39.9 Å². The van der Waals surface area contributed by atoms with Gasteiger partial charge in [0.05, 0.1) is 78.3 Å². The number of benzene rings is 13. The summed E-state index contributed by atoms with van der Waals surface area (Å²) in [5, 5.41) is 8.77. The van der Waals surface area contributed by atoms with E-state index < -0.39 is 0 Å². The lowest BCUT2D eigenvalue weighted by Crippen LogP contribution is -1.90. The lowest BCUT2D eigenvalue weighted by molar-refractivity contribution is 1.36. The molecule has 512 valence electrons. The van der Waals surface area contributed by atoms with Crippen LogP contribution in [0.15, 0.2) is 389 Å². The minimum Gasteiger partial charge on any atom is -0.254 e.